The lowest BCUT2D eigenvalue weighted by atomic mass is 9.88. The molecular weight excluding hydrogens is 266 g/mol. The van der Waals surface area contributed by atoms with Crippen molar-refractivity contribution in [2.45, 2.75) is 53.0 Å². The highest BCUT2D eigenvalue weighted by atomic mass is 16.4. The van der Waals surface area contributed by atoms with Gasteiger partial charge in [-0.2, -0.15) is 0 Å². The third-order valence-electron chi connectivity index (χ3n) is 3.30. The number of carbonyl (C=O) groups is 2. The van der Waals surface area contributed by atoms with Crippen LogP contribution in [0.25, 0.3) is 0 Å². The summed E-state index contributed by atoms with van der Waals surface area (Å²) < 4.78 is 0. The Morgan fingerprint density at radius 1 is 1.19 bits per heavy atom. The summed E-state index contributed by atoms with van der Waals surface area (Å²) in [6, 6.07) is 6.84. The number of amides is 1. The lowest BCUT2D eigenvalue weighted by Crippen LogP contribution is -2.42. The van der Waals surface area contributed by atoms with Crippen LogP contribution in [0.5, 0.6) is 0 Å². The zero-order chi connectivity index (χ0) is 16.0. The minimum absolute atomic E-state index is 0.0510. The molecule has 4 nitrogen and oxygen atoms in total. The number of carbonyl (C=O) groups excluding carboxylic acids is 1. The van der Waals surface area contributed by atoms with Crippen molar-refractivity contribution in [3.05, 3.63) is 35.4 Å². The Morgan fingerprint density at radius 3 is 2.24 bits per heavy atom. The van der Waals surface area contributed by atoms with E-state index in [4.69, 9.17) is 0 Å². The van der Waals surface area contributed by atoms with E-state index in [0.29, 0.717) is 6.42 Å². The summed E-state index contributed by atoms with van der Waals surface area (Å²) in [6.45, 7) is 8.15. The zero-order valence-corrected chi connectivity index (χ0v) is 13.3. The van der Waals surface area contributed by atoms with Gasteiger partial charge in [0, 0.05) is 0 Å². The topological polar surface area (TPSA) is 66.4 Å². The largest absolute Gasteiger partial charge is 0.480 e. The van der Waals surface area contributed by atoms with Crippen molar-refractivity contribution < 1.29 is 14.7 Å². The molecule has 0 aliphatic rings. The number of aliphatic carboxylic acids is 1. The molecule has 0 saturated carbocycles. The van der Waals surface area contributed by atoms with Crippen molar-refractivity contribution in [1.82, 2.24) is 5.32 Å². The van der Waals surface area contributed by atoms with E-state index in [2.05, 4.69) is 26.1 Å². The van der Waals surface area contributed by atoms with E-state index in [9.17, 15) is 14.7 Å². The quantitative estimate of drug-likeness (QED) is 0.847. The second-order valence-electron chi connectivity index (χ2n) is 6.72. The van der Waals surface area contributed by atoms with Gasteiger partial charge in [0.05, 0.1) is 6.42 Å². The van der Waals surface area contributed by atoms with Gasteiger partial charge < -0.3 is 10.4 Å². The van der Waals surface area contributed by atoms with Crippen LogP contribution in [0.15, 0.2) is 24.3 Å². The Hall–Kier alpha value is -1.84. The monoisotopic (exact) mass is 291 g/mol. The molecule has 21 heavy (non-hydrogen) atoms. The molecule has 0 bridgehead atoms. The maximum Gasteiger partial charge on any atom is 0.326 e. The molecule has 0 aliphatic heterocycles. The predicted octanol–water partition coefficient (Wildman–Crippen LogP) is 2.93. The predicted molar refractivity (Wildman–Crippen MR) is 83.1 cm³/mol. The summed E-state index contributed by atoms with van der Waals surface area (Å²) in [5.74, 6) is -1.23. The number of hydrogen-bond donors (Lipinski definition) is 2. The third kappa shape index (κ3) is 6.93. The SMILES string of the molecule is Cc1ccc(CC(=O)NC(CCC(C)(C)C)C(=O)O)cc1. The number of nitrogens with one attached hydrogen (secondary N) is 1. The Labute approximate surface area is 126 Å². The van der Waals surface area contributed by atoms with Crippen molar-refractivity contribution in [1.29, 1.82) is 0 Å². The number of aryl methyl sites for hydroxylation is 1. The van der Waals surface area contributed by atoms with Crippen LogP contribution >= 0.6 is 0 Å². The number of carboxylic acid groups (broad SMARTS) is 1. The fraction of sp³-hybridized carbons (Fsp3) is 0.529. The van der Waals surface area contributed by atoms with Gasteiger partial charge in [0.25, 0.3) is 0 Å². The molecule has 0 spiro atoms. The average Bonchev–Trinajstić information content (AvgIpc) is 2.36. The molecule has 0 fully saturated rings. The molecule has 0 aliphatic carbocycles. The Morgan fingerprint density at radius 2 is 1.76 bits per heavy atom. The van der Waals surface area contributed by atoms with Crippen LogP contribution in [0, 0.1) is 12.3 Å². The average molecular weight is 291 g/mol. The van der Waals surface area contributed by atoms with Gasteiger partial charge in [0.1, 0.15) is 6.04 Å². The van der Waals surface area contributed by atoms with Crippen LogP contribution in [0.3, 0.4) is 0 Å². The molecule has 1 atom stereocenters. The highest BCUT2D eigenvalue weighted by Gasteiger charge is 2.22. The molecule has 0 radical (unpaired) electrons. The molecule has 0 saturated heterocycles. The van der Waals surface area contributed by atoms with Gasteiger partial charge >= 0.3 is 5.97 Å². The van der Waals surface area contributed by atoms with Gasteiger partial charge in [-0.25, -0.2) is 4.79 Å². The van der Waals surface area contributed by atoms with Gasteiger partial charge in [-0.15, -0.1) is 0 Å². The minimum atomic E-state index is -0.975. The van der Waals surface area contributed by atoms with E-state index in [-0.39, 0.29) is 17.7 Å². The van der Waals surface area contributed by atoms with E-state index in [1.165, 1.54) is 0 Å². The lowest BCUT2D eigenvalue weighted by Gasteiger charge is -2.21. The number of hydrogen-bond acceptors (Lipinski definition) is 2. The molecule has 1 aromatic carbocycles. The fourth-order valence-electron chi connectivity index (χ4n) is 1.97. The van der Waals surface area contributed by atoms with Gasteiger partial charge in [0.15, 0.2) is 0 Å². The first-order valence-corrected chi connectivity index (χ1v) is 7.25. The van der Waals surface area contributed by atoms with Crippen LogP contribution in [0.4, 0.5) is 0 Å². The molecule has 1 rings (SSSR count). The normalized spacial score (nSPS) is 12.8. The number of carboxylic acids is 1. The third-order valence-corrected chi connectivity index (χ3v) is 3.30. The van der Waals surface area contributed by atoms with Gasteiger partial charge in [0.2, 0.25) is 5.91 Å². The molecule has 1 unspecified atom stereocenters. The molecule has 116 valence electrons. The van der Waals surface area contributed by atoms with Crippen molar-refractivity contribution in [2.24, 2.45) is 5.41 Å². The first-order valence-electron chi connectivity index (χ1n) is 7.25. The van der Waals surface area contributed by atoms with Crippen molar-refractivity contribution in [3.8, 4) is 0 Å². The molecule has 4 heteroatoms. The first kappa shape index (κ1) is 17.2. The highest BCUT2D eigenvalue weighted by Crippen LogP contribution is 2.21. The smallest absolute Gasteiger partial charge is 0.326 e. The summed E-state index contributed by atoms with van der Waals surface area (Å²) in [4.78, 5) is 23.2. The van der Waals surface area contributed by atoms with E-state index in [1.807, 2.05) is 31.2 Å². The molecule has 0 aromatic heterocycles. The molecule has 0 heterocycles. The highest BCUT2D eigenvalue weighted by molar-refractivity contribution is 5.84. The second-order valence-corrected chi connectivity index (χ2v) is 6.72. The van der Waals surface area contributed by atoms with Crippen molar-refractivity contribution >= 4 is 11.9 Å². The van der Waals surface area contributed by atoms with Gasteiger partial charge in [-0.05, 0) is 30.7 Å². The van der Waals surface area contributed by atoms with Gasteiger partial charge in [-0.1, -0.05) is 50.6 Å². The zero-order valence-electron chi connectivity index (χ0n) is 13.3. The Balaban J connectivity index is 2.56. The molecule has 1 amide bonds. The second kappa shape index (κ2) is 7.25. The summed E-state index contributed by atoms with van der Waals surface area (Å²) in [7, 11) is 0. The van der Waals surface area contributed by atoms with E-state index < -0.39 is 12.0 Å². The Bertz CT molecular complexity index is 486. The van der Waals surface area contributed by atoms with Crippen LogP contribution < -0.4 is 5.32 Å². The van der Waals surface area contributed by atoms with Crippen LogP contribution in [0.2, 0.25) is 0 Å². The van der Waals surface area contributed by atoms with Crippen molar-refractivity contribution in [3.63, 3.8) is 0 Å². The van der Waals surface area contributed by atoms with Crippen molar-refractivity contribution in [2.75, 3.05) is 0 Å². The lowest BCUT2D eigenvalue weighted by molar-refractivity contribution is -0.142. The van der Waals surface area contributed by atoms with E-state index in [0.717, 1.165) is 17.5 Å². The number of rotatable bonds is 6. The summed E-state index contributed by atoms with van der Waals surface area (Å²) in [5.41, 5.74) is 2.07. The van der Waals surface area contributed by atoms with Gasteiger partial charge in [-0.3, -0.25) is 4.79 Å². The van der Waals surface area contributed by atoms with E-state index in [1.54, 1.807) is 0 Å². The van der Waals surface area contributed by atoms with Crippen LogP contribution in [-0.2, 0) is 16.0 Å². The molecular formula is C17H25NO3. The number of benzene rings is 1. The maximum absolute atomic E-state index is 12.0. The first-order chi connectivity index (χ1) is 9.67. The molecule has 2 N–H and O–H groups in total. The summed E-state index contributed by atoms with van der Waals surface area (Å²) in [6.07, 6.45) is 1.40. The van der Waals surface area contributed by atoms with Crippen LogP contribution in [-0.4, -0.2) is 23.0 Å². The minimum Gasteiger partial charge on any atom is -0.480 e. The fourth-order valence-corrected chi connectivity index (χ4v) is 1.97. The maximum atomic E-state index is 12.0. The Kier molecular flexibility index (Phi) is 5.94. The van der Waals surface area contributed by atoms with Crippen LogP contribution in [0.1, 0.15) is 44.7 Å². The van der Waals surface area contributed by atoms with E-state index >= 15 is 0 Å². The summed E-state index contributed by atoms with van der Waals surface area (Å²) in [5, 5.41) is 11.8. The standard InChI is InChI=1S/C17H25NO3/c1-12-5-7-13(8-6-12)11-15(19)18-14(16(20)21)9-10-17(2,3)4/h5-8,14H,9-11H2,1-4H3,(H,18,19)(H,20,21). The summed E-state index contributed by atoms with van der Waals surface area (Å²) >= 11 is 0. The molecule has 1 aromatic rings.